The number of hydrogen-bond donors (Lipinski definition) is 1. The van der Waals surface area contributed by atoms with Crippen molar-refractivity contribution in [2.24, 2.45) is 0 Å². The Morgan fingerprint density at radius 2 is 1.78 bits per heavy atom. The number of fused-ring (bicyclic) bond motifs is 2. The molecule has 1 N–H and O–H groups in total. The lowest BCUT2D eigenvalue weighted by Gasteiger charge is -2.13. The second-order valence-electron chi connectivity index (χ2n) is 7.19. The molecular formula is C25H21N3O4. The second kappa shape index (κ2) is 9.75. The standard InChI is InChI=1S/C25H21N3O4/c29-23(10-6-15-28-24(30)20-8-1-2-9-21(20)25(28)31)27-13-3-4-16-32-19-12-11-18-7-5-14-26-22(18)17-19/h1-2,5,7-9,11-12,14,17H,6,10,13,15-16H2,(H,27,29). The molecule has 1 aliphatic rings. The smallest absolute Gasteiger partial charge is 0.261 e. The molecule has 32 heavy (non-hydrogen) atoms. The van der Waals surface area contributed by atoms with E-state index in [0.717, 1.165) is 10.9 Å². The van der Waals surface area contributed by atoms with Crippen molar-refractivity contribution in [1.82, 2.24) is 15.2 Å². The molecule has 0 bridgehead atoms. The number of imide groups is 1. The third-order valence-electron chi connectivity index (χ3n) is 5.05. The minimum atomic E-state index is -0.306. The predicted octanol–water partition coefficient (Wildman–Crippen LogP) is 2.81. The number of carbonyl (C=O) groups excluding carboxylic acids is 3. The number of pyridine rings is 1. The third-order valence-corrected chi connectivity index (χ3v) is 5.05. The topological polar surface area (TPSA) is 88.6 Å². The molecule has 0 aliphatic carbocycles. The van der Waals surface area contributed by atoms with Gasteiger partial charge in [-0.1, -0.05) is 30.0 Å². The first-order valence-corrected chi connectivity index (χ1v) is 10.3. The highest BCUT2D eigenvalue weighted by molar-refractivity contribution is 6.21. The highest BCUT2D eigenvalue weighted by atomic mass is 16.5. The van der Waals surface area contributed by atoms with Crippen LogP contribution >= 0.6 is 0 Å². The Kier molecular flexibility index (Phi) is 6.42. The molecule has 160 valence electrons. The van der Waals surface area contributed by atoms with Gasteiger partial charge in [0.1, 0.15) is 12.4 Å². The molecule has 7 heteroatoms. The molecule has 0 fully saturated rings. The Balaban J connectivity index is 1.14. The number of aromatic nitrogens is 1. The van der Waals surface area contributed by atoms with E-state index in [1.165, 1.54) is 4.90 Å². The molecule has 0 saturated carbocycles. The van der Waals surface area contributed by atoms with Gasteiger partial charge in [0.15, 0.2) is 0 Å². The lowest BCUT2D eigenvalue weighted by atomic mass is 10.1. The zero-order chi connectivity index (χ0) is 22.3. The molecule has 4 rings (SSSR count). The fourth-order valence-corrected chi connectivity index (χ4v) is 3.44. The van der Waals surface area contributed by atoms with Crippen LogP contribution in [0.15, 0.2) is 60.8 Å². The maximum atomic E-state index is 12.3. The van der Waals surface area contributed by atoms with E-state index in [1.54, 1.807) is 30.5 Å². The number of rotatable bonds is 7. The van der Waals surface area contributed by atoms with Gasteiger partial charge in [0, 0.05) is 30.6 Å². The summed E-state index contributed by atoms with van der Waals surface area (Å²) >= 11 is 0. The average Bonchev–Trinajstić information content (AvgIpc) is 3.06. The first-order chi connectivity index (χ1) is 15.6. The third kappa shape index (κ3) is 4.76. The van der Waals surface area contributed by atoms with Gasteiger partial charge in [0.05, 0.1) is 23.2 Å². The largest absolute Gasteiger partial charge is 0.481 e. The van der Waals surface area contributed by atoms with E-state index in [-0.39, 0.29) is 43.8 Å². The second-order valence-corrected chi connectivity index (χ2v) is 7.19. The lowest BCUT2D eigenvalue weighted by Crippen LogP contribution is -2.32. The van der Waals surface area contributed by atoms with Gasteiger partial charge in [-0.25, -0.2) is 0 Å². The van der Waals surface area contributed by atoms with Crippen molar-refractivity contribution < 1.29 is 19.1 Å². The van der Waals surface area contributed by atoms with E-state index in [0.29, 0.717) is 23.3 Å². The van der Waals surface area contributed by atoms with Crippen molar-refractivity contribution >= 4 is 28.6 Å². The van der Waals surface area contributed by atoms with Crippen LogP contribution < -0.4 is 10.1 Å². The summed E-state index contributed by atoms with van der Waals surface area (Å²) in [6.07, 6.45) is 2.33. The lowest BCUT2D eigenvalue weighted by molar-refractivity contribution is -0.121. The predicted molar refractivity (Wildman–Crippen MR) is 119 cm³/mol. The molecular weight excluding hydrogens is 406 g/mol. The number of nitrogens with zero attached hydrogens (tertiary/aromatic N) is 2. The summed E-state index contributed by atoms with van der Waals surface area (Å²) in [5, 5.41) is 3.74. The molecule has 0 saturated heterocycles. The quantitative estimate of drug-likeness (QED) is 0.463. The van der Waals surface area contributed by atoms with Crippen molar-refractivity contribution in [2.45, 2.75) is 12.8 Å². The zero-order valence-corrected chi connectivity index (χ0v) is 17.3. The van der Waals surface area contributed by atoms with E-state index < -0.39 is 0 Å². The molecule has 2 heterocycles. The molecule has 7 nitrogen and oxygen atoms in total. The fraction of sp³-hybridized carbons (Fsp3) is 0.200. The van der Waals surface area contributed by atoms with Crippen molar-refractivity contribution in [3.63, 3.8) is 0 Å². The van der Waals surface area contributed by atoms with Gasteiger partial charge in [-0.15, -0.1) is 0 Å². The Morgan fingerprint density at radius 1 is 1.00 bits per heavy atom. The summed E-state index contributed by atoms with van der Waals surface area (Å²) in [7, 11) is 0. The van der Waals surface area contributed by atoms with Crippen molar-refractivity contribution in [2.75, 3.05) is 19.7 Å². The van der Waals surface area contributed by atoms with E-state index in [9.17, 15) is 14.4 Å². The minimum absolute atomic E-state index is 0.183. The Labute approximate surface area is 185 Å². The Bertz CT molecular complexity index is 1210. The SMILES string of the molecule is O=C(CCCN1C(=O)c2ccccc2C1=O)NCC#CCOc1ccc2cccnc2c1. The molecule has 0 unspecified atom stereocenters. The monoisotopic (exact) mass is 427 g/mol. The summed E-state index contributed by atoms with van der Waals surface area (Å²) in [6, 6.07) is 16.3. The van der Waals surface area contributed by atoms with Crippen LogP contribution in [0.25, 0.3) is 10.9 Å². The van der Waals surface area contributed by atoms with E-state index >= 15 is 0 Å². The molecule has 0 radical (unpaired) electrons. The summed E-state index contributed by atoms with van der Waals surface area (Å²) in [6.45, 7) is 0.613. The Hall–Kier alpha value is -4.18. The zero-order valence-electron chi connectivity index (χ0n) is 17.3. The van der Waals surface area contributed by atoms with E-state index in [2.05, 4.69) is 22.1 Å². The summed E-state index contributed by atoms with van der Waals surface area (Å²) < 4.78 is 5.59. The number of nitrogens with one attached hydrogen (secondary N) is 1. The maximum Gasteiger partial charge on any atom is 0.261 e. The van der Waals surface area contributed by atoms with Gasteiger partial charge in [-0.3, -0.25) is 24.3 Å². The van der Waals surface area contributed by atoms with Gasteiger partial charge in [-0.05, 0) is 36.8 Å². The van der Waals surface area contributed by atoms with Crippen LogP contribution in [0.5, 0.6) is 5.75 Å². The molecule has 0 spiro atoms. The molecule has 3 aromatic rings. The fourth-order valence-electron chi connectivity index (χ4n) is 3.44. The van der Waals surface area contributed by atoms with Crippen LogP contribution in [-0.2, 0) is 4.79 Å². The summed E-state index contributed by atoms with van der Waals surface area (Å²) in [5.74, 6) is 5.58. The number of ether oxygens (including phenoxy) is 1. The van der Waals surface area contributed by atoms with Gasteiger partial charge < -0.3 is 10.1 Å². The number of carbonyl (C=O) groups is 3. The minimum Gasteiger partial charge on any atom is -0.481 e. The molecule has 2 aromatic carbocycles. The first kappa shape index (κ1) is 21.1. The highest BCUT2D eigenvalue weighted by Gasteiger charge is 2.34. The number of amides is 3. The van der Waals surface area contributed by atoms with E-state index in [4.69, 9.17) is 4.74 Å². The Morgan fingerprint density at radius 3 is 2.56 bits per heavy atom. The van der Waals surface area contributed by atoms with Crippen LogP contribution in [0.1, 0.15) is 33.6 Å². The van der Waals surface area contributed by atoms with Gasteiger partial charge >= 0.3 is 0 Å². The van der Waals surface area contributed by atoms with E-state index in [1.807, 2.05) is 30.3 Å². The highest BCUT2D eigenvalue weighted by Crippen LogP contribution is 2.22. The molecule has 1 aromatic heterocycles. The summed E-state index contributed by atoms with van der Waals surface area (Å²) in [5.41, 5.74) is 1.69. The molecule has 1 aliphatic heterocycles. The van der Waals surface area contributed by atoms with Gasteiger partial charge in [0.2, 0.25) is 5.91 Å². The number of hydrogen-bond acceptors (Lipinski definition) is 5. The van der Waals surface area contributed by atoms with Crippen LogP contribution in [0, 0.1) is 11.8 Å². The van der Waals surface area contributed by atoms with Crippen molar-refractivity contribution in [3.05, 3.63) is 71.9 Å². The maximum absolute atomic E-state index is 12.3. The van der Waals surface area contributed by atoms with Gasteiger partial charge in [0.25, 0.3) is 11.8 Å². The van der Waals surface area contributed by atoms with Crippen LogP contribution in [0.2, 0.25) is 0 Å². The average molecular weight is 427 g/mol. The van der Waals surface area contributed by atoms with Gasteiger partial charge in [-0.2, -0.15) is 0 Å². The van der Waals surface area contributed by atoms with Crippen LogP contribution in [0.3, 0.4) is 0 Å². The normalized spacial score (nSPS) is 12.3. The van der Waals surface area contributed by atoms with Crippen molar-refractivity contribution in [3.8, 4) is 17.6 Å². The van der Waals surface area contributed by atoms with Crippen LogP contribution in [-0.4, -0.2) is 47.3 Å². The molecule has 0 atom stereocenters. The van der Waals surface area contributed by atoms with Crippen LogP contribution in [0.4, 0.5) is 0 Å². The molecule has 3 amide bonds. The van der Waals surface area contributed by atoms with Crippen molar-refractivity contribution in [1.29, 1.82) is 0 Å². The first-order valence-electron chi connectivity index (χ1n) is 10.3. The summed E-state index contributed by atoms with van der Waals surface area (Å²) in [4.78, 5) is 42.0. The number of benzene rings is 2.